The summed E-state index contributed by atoms with van der Waals surface area (Å²) in [6.45, 7) is 9.19. The predicted octanol–water partition coefficient (Wildman–Crippen LogP) is 3.30. The smallest absolute Gasteiger partial charge is 0.251 e. The van der Waals surface area contributed by atoms with Crippen molar-refractivity contribution in [2.75, 3.05) is 31.6 Å². The fourth-order valence-electron chi connectivity index (χ4n) is 3.25. The third-order valence-corrected chi connectivity index (χ3v) is 5.03. The molecule has 0 bridgehead atoms. The molecule has 0 radical (unpaired) electrons. The fraction of sp³-hybridized carbons (Fsp3) is 0.417. The summed E-state index contributed by atoms with van der Waals surface area (Å²) in [6.07, 6.45) is -0.0461. The number of carbonyl (C=O) groups excluding carboxylic acids is 2. The number of hydrogen-bond donors (Lipinski definition) is 2. The summed E-state index contributed by atoms with van der Waals surface area (Å²) >= 11 is 0. The Balaban J connectivity index is 1.51. The van der Waals surface area contributed by atoms with Crippen molar-refractivity contribution >= 4 is 17.5 Å². The molecule has 0 spiro atoms. The van der Waals surface area contributed by atoms with E-state index in [1.807, 2.05) is 39.0 Å². The topological polar surface area (TPSA) is 70.7 Å². The zero-order valence-electron chi connectivity index (χ0n) is 18.0. The van der Waals surface area contributed by atoms with Crippen LogP contribution in [-0.4, -0.2) is 49.1 Å². The van der Waals surface area contributed by atoms with Crippen LogP contribution in [0.2, 0.25) is 0 Å². The summed E-state index contributed by atoms with van der Waals surface area (Å²) in [5.74, 6) is -0.264. The quantitative estimate of drug-likeness (QED) is 0.768. The van der Waals surface area contributed by atoms with Gasteiger partial charge in [-0.1, -0.05) is 57.2 Å². The number of carbonyl (C=O) groups is 2. The molecule has 0 aliphatic carbocycles. The Kier molecular flexibility index (Phi) is 7.24. The second-order valence-corrected chi connectivity index (χ2v) is 8.71. The molecule has 2 aromatic carbocycles. The van der Waals surface area contributed by atoms with Gasteiger partial charge in [0.15, 0.2) is 0 Å². The molecular formula is C24H31N3O3. The van der Waals surface area contributed by atoms with E-state index in [0.29, 0.717) is 24.4 Å². The Labute approximate surface area is 178 Å². The second-order valence-electron chi connectivity index (χ2n) is 8.71. The number of benzene rings is 2. The monoisotopic (exact) mass is 409 g/mol. The van der Waals surface area contributed by atoms with Crippen molar-refractivity contribution in [2.45, 2.75) is 33.4 Å². The summed E-state index contributed by atoms with van der Waals surface area (Å²) in [5, 5.41) is 5.82. The minimum Gasteiger partial charge on any atom is -0.374 e. The van der Waals surface area contributed by atoms with Crippen LogP contribution in [0.15, 0.2) is 54.6 Å². The molecule has 2 amide bonds. The first-order valence-corrected chi connectivity index (χ1v) is 10.4. The number of nitrogens with zero attached hydrogens (tertiary/aromatic N) is 1. The molecule has 30 heavy (non-hydrogen) atoms. The van der Waals surface area contributed by atoms with Crippen molar-refractivity contribution in [2.24, 2.45) is 5.41 Å². The van der Waals surface area contributed by atoms with E-state index in [9.17, 15) is 9.59 Å². The Morgan fingerprint density at radius 3 is 2.60 bits per heavy atom. The molecule has 1 unspecified atom stereocenters. The molecule has 6 nitrogen and oxygen atoms in total. The van der Waals surface area contributed by atoms with Crippen LogP contribution < -0.4 is 10.6 Å². The van der Waals surface area contributed by atoms with E-state index in [0.717, 1.165) is 19.6 Å². The lowest BCUT2D eigenvalue weighted by molar-refractivity contribution is -0.123. The lowest BCUT2D eigenvalue weighted by Gasteiger charge is -2.33. The van der Waals surface area contributed by atoms with Crippen molar-refractivity contribution in [1.82, 2.24) is 10.2 Å². The second kappa shape index (κ2) is 9.87. The van der Waals surface area contributed by atoms with E-state index in [-0.39, 0.29) is 17.9 Å². The van der Waals surface area contributed by atoms with E-state index >= 15 is 0 Å². The first-order chi connectivity index (χ1) is 14.3. The lowest BCUT2D eigenvalue weighted by Crippen LogP contribution is -2.47. The largest absolute Gasteiger partial charge is 0.374 e. The molecule has 0 aromatic heterocycles. The number of morpholine rings is 1. The van der Waals surface area contributed by atoms with Crippen LogP contribution >= 0.6 is 0 Å². The Morgan fingerprint density at radius 2 is 1.87 bits per heavy atom. The molecule has 1 aliphatic heterocycles. The summed E-state index contributed by atoms with van der Waals surface area (Å²) in [7, 11) is 0. The van der Waals surface area contributed by atoms with Gasteiger partial charge < -0.3 is 15.4 Å². The third-order valence-electron chi connectivity index (χ3n) is 5.03. The third kappa shape index (κ3) is 6.40. The molecule has 1 saturated heterocycles. The number of amides is 2. The Hall–Kier alpha value is -2.70. The molecule has 1 aliphatic rings. The van der Waals surface area contributed by atoms with E-state index in [1.165, 1.54) is 5.56 Å². The molecule has 2 aromatic rings. The fourth-order valence-corrected chi connectivity index (χ4v) is 3.25. The maximum atomic E-state index is 12.6. The van der Waals surface area contributed by atoms with Gasteiger partial charge in [-0.2, -0.15) is 0 Å². The molecule has 1 fully saturated rings. The van der Waals surface area contributed by atoms with Crippen LogP contribution in [0.5, 0.6) is 0 Å². The van der Waals surface area contributed by atoms with Crippen LogP contribution in [0.25, 0.3) is 0 Å². The van der Waals surface area contributed by atoms with Gasteiger partial charge in [-0.3, -0.25) is 14.5 Å². The molecular weight excluding hydrogens is 378 g/mol. The summed E-state index contributed by atoms with van der Waals surface area (Å²) in [5.41, 5.74) is 1.91. The van der Waals surface area contributed by atoms with Gasteiger partial charge >= 0.3 is 0 Å². The van der Waals surface area contributed by atoms with Crippen LogP contribution in [0.4, 0.5) is 5.69 Å². The lowest BCUT2D eigenvalue weighted by atomic mass is 9.95. The SMILES string of the molecule is CC(C)(C)C(=O)Nc1cccc(C(=O)NCC2CN(Cc3ccccc3)CCO2)c1. The molecule has 1 atom stereocenters. The van der Waals surface area contributed by atoms with Crippen LogP contribution in [0.1, 0.15) is 36.7 Å². The highest BCUT2D eigenvalue weighted by Gasteiger charge is 2.23. The van der Waals surface area contributed by atoms with Crippen molar-refractivity contribution in [3.8, 4) is 0 Å². The first-order valence-electron chi connectivity index (χ1n) is 10.4. The van der Waals surface area contributed by atoms with E-state index in [4.69, 9.17) is 4.74 Å². The highest BCUT2D eigenvalue weighted by atomic mass is 16.5. The van der Waals surface area contributed by atoms with Crippen molar-refractivity contribution in [3.63, 3.8) is 0 Å². The normalized spacial score (nSPS) is 17.4. The number of rotatable bonds is 6. The summed E-state index contributed by atoms with van der Waals surface area (Å²) in [4.78, 5) is 27.1. The maximum Gasteiger partial charge on any atom is 0.251 e. The minimum atomic E-state index is -0.498. The first kappa shape index (κ1) is 22.0. The van der Waals surface area contributed by atoms with Crippen molar-refractivity contribution in [3.05, 3.63) is 65.7 Å². The molecule has 2 N–H and O–H groups in total. The van der Waals surface area contributed by atoms with E-state index < -0.39 is 5.41 Å². The zero-order valence-corrected chi connectivity index (χ0v) is 18.0. The number of ether oxygens (including phenoxy) is 1. The van der Waals surface area contributed by atoms with Crippen LogP contribution in [-0.2, 0) is 16.1 Å². The van der Waals surface area contributed by atoms with Gasteiger partial charge in [0, 0.05) is 42.8 Å². The number of anilines is 1. The predicted molar refractivity (Wildman–Crippen MR) is 118 cm³/mol. The average molecular weight is 410 g/mol. The maximum absolute atomic E-state index is 12.6. The van der Waals surface area contributed by atoms with Crippen molar-refractivity contribution in [1.29, 1.82) is 0 Å². The molecule has 3 rings (SSSR count). The minimum absolute atomic E-state index is 0.0461. The average Bonchev–Trinajstić information content (AvgIpc) is 2.72. The van der Waals surface area contributed by atoms with E-state index in [1.54, 1.807) is 24.3 Å². The summed E-state index contributed by atoms with van der Waals surface area (Å²) < 4.78 is 5.83. The molecule has 1 heterocycles. The van der Waals surface area contributed by atoms with Crippen molar-refractivity contribution < 1.29 is 14.3 Å². The number of hydrogen-bond acceptors (Lipinski definition) is 4. The van der Waals surface area contributed by atoms with Gasteiger partial charge in [0.1, 0.15) is 0 Å². The van der Waals surface area contributed by atoms with Gasteiger partial charge in [0.25, 0.3) is 5.91 Å². The van der Waals surface area contributed by atoms with Crippen LogP contribution in [0.3, 0.4) is 0 Å². The molecule has 160 valence electrons. The number of nitrogens with one attached hydrogen (secondary N) is 2. The zero-order chi connectivity index (χ0) is 21.6. The summed E-state index contributed by atoms with van der Waals surface area (Å²) in [6, 6.07) is 17.4. The van der Waals surface area contributed by atoms with Crippen LogP contribution in [0, 0.1) is 5.41 Å². The Bertz CT molecular complexity index is 861. The standard InChI is InChI=1S/C24H31N3O3/c1-24(2,3)23(29)26-20-11-7-10-19(14-20)22(28)25-15-21-17-27(12-13-30-21)16-18-8-5-4-6-9-18/h4-11,14,21H,12-13,15-17H2,1-3H3,(H,25,28)(H,26,29). The van der Waals surface area contributed by atoms with E-state index in [2.05, 4.69) is 27.7 Å². The Morgan fingerprint density at radius 1 is 1.10 bits per heavy atom. The van der Waals surface area contributed by atoms with Gasteiger partial charge in [0.05, 0.1) is 12.7 Å². The van der Waals surface area contributed by atoms with Gasteiger partial charge in [-0.25, -0.2) is 0 Å². The van der Waals surface area contributed by atoms with Gasteiger partial charge in [0.2, 0.25) is 5.91 Å². The highest BCUT2D eigenvalue weighted by molar-refractivity contribution is 5.98. The highest BCUT2D eigenvalue weighted by Crippen LogP contribution is 2.18. The molecule has 6 heteroatoms. The molecule has 0 saturated carbocycles. The van der Waals surface area contributed by atoms with Gasteiger partial charge in [-0.15, -0.1) is 0 Å². The van der Waals surface area contributed by atoms with Gasteiger partial charge in [-0.05, 0) is 23.8 Å².